The van der Waals surface area contributed by atoms with Crippen LogP contribution in [0.2, 0.25) is 0 Å². The first-order valence-corrected chi connectivity index (χ1v) is 14.9. The first kappa shape index (κ1) is 23.3. The van der Waals surface area contributed by atoms with Crippen molar-refractivity contribution in [2.45, 2.75) is 6.92 Å². The van der Waals surface area contributed by atoms with E-state index in [1.54, 1.807) is 0 Å². The summed E-state index contributed by atoms with van der Waals surface area (Å²) in [6, 6.07) is 45.8. The van der Waals surface area contributed by atoms with E-state index in [0.29, 0.717) is 5.56 Å². The van der Waals surface area contributed by atoms with E-state index in [-0.39, 0.29) is 0 Å². The first-order valence-electron chi connectivity index (χ1n) is 14.1. The van der Waals surface area contributed by atoms with Crippen molar-refractivity contribution in [2.24, 2.45) is 0 Å². The van der Waals surface area contributed by atoms with Gasteiger partial charge in [-0.25, -0.2) is 0 Å². The summed E-state index contributed by atoms with van der Waals surface area (Å²) in [5, 5.41) is 17.1. The molecule has 0 bridgehead atoms. The molecule has 3 aromatic heterocycles. The van der Waals surface area contributed by atoms with E-state index in [9.17, 15) is 5.26 Å². The molecule has 3 nitrogen and oxygen atoms in total. The van der Waals surface area contributed by atoms with Crippen LogP contribution in [-0.2, 0) is 0 Å². The molecule has 0 spiro atoms. The molecule has 0 atom stereocenters. The summed E-state index contributed by atoms with van der Waals surface area (Å²) in [5.74, 6) is 0. The van der Waals surface area contributed by atoms with Crippen LogP contribution in [-0.4, -0.2) is 9.13 Å². The van der Waals surface area contributed by atoms with Crippen molar-refractivity contribution in [3.63, 3.8) is 0 Å². The lowest BCUT2D eigenvalue weighted by molar-refractivity contribution is 1.18. The number of para-hydroxylation sites is 2. The second-order valence-electron chi connectivity index (χ2n) is 11.0. The molecule has 0 aliphatic heterocycles. The summed E-state index contributed by atoms with van der Waals surface area (Å²) >= 11 is 1.83. The van der Waals surface area contributed by atoms with Gasteiger partial charge in [0.2, 0.25) is 0 Å². The summed E-state index contributed by atoms with van der Waals surface area (Å²) in [7, 11) is 0. The molecule has 0 radical (unpaired) electrons. The number of fused-ring (bicyclic) bond motifs is 9. The highest BCUT2D eigenvalue weighted by atomic mass is 32.1. The Hall–Kier alpha value is -5.37. The lowest BCUT2D eigenvalue weighted by Crippen LogP contribution is -1.94. The van der Waals surface area contributed by atoms with Gasteiger partial charge in [-0.1, -0.05) is 66.7 Å². The zero-order chi connectivity index (χ0) is 27.9. The van der Waals surface area contributed by atoms with Gasteiger partial charge in [0.15, 0.2) is 0 Å². The van der Waals surface area contributed by atoms with Crippen molar-refractivity contribution < 1.29 is 0 Å². The number of thiophene rings is 1. The number of nitriles is 1. The van der Waals surface area contributed by atoms with Gasteiger partial charge in [0.1, 0.15) is 0 Å². The van der Waals surface area contributed by atoms with Crippen LogP contribution >= 0.6 is 11.3 Å². The minimum Gasteiger partial charge on any atom is -0.309 e. The Bertz CT molecular complexity index is 2600. The Labute approximate surface area is 245 Å². The van der Waals surface area contributed by atoms with Crippen molar-refractivity contribution in [3.05, 3.63) is 132 Å². The van der Waals surface area contributed by atoms with Crippen LogP contribution < -0.4 is 0 Å². The van der Waals surface area contributed by atoms with Crippen LogP contribution in [0, 0.1) is 18.3 Å². The summed E-state index contributed by atoms with van der Waals surface area (Å²) < 4.78 is 7.24. The van der Waals surface area contributed by atoms with Crippen LogP contribution in [0.15, 0.2) is 121 Å². The van der Waals surface area contributed by atoms with Crippen molar-refractivity contribution in [2.75, 3.05) is 0 Å². The monoisotopic (exact) mass is 553 g/mol. The lowest BCUT2D eigenvalue weighted by Gasteiger charge is -2.10. The normalized spacial score (nSPS) is 11.9. The Morgan fingerprint density at radius 1 is 0.548 bits per heavy atom. The lowest BCUT2D eigenvalue weighted by atomic mass is 10.1. The quantitative estimate of drug-likeness (QED) is 0.210. The third-order valence-corrected chi connectivity index (χ3v) is 9.80. The molecule has 0 N–H and O–H groups in total. The Morgan fingerprint density at radius 3 is 2.00 bits per heavy atom. The van der Waals surface area contributed by atoms with E-state index in [0.717, 1.165) is 22.1 Å². The van der Waals surface area contributed by atoms with Gasteiger partial charge in [0.05, 0.1) is 44.1 Å². The summed E-state index contributed by atoms with van der Waals surface area (Å²) in [6.07, 6.45) is 0. The van der Waals surface area contributed by atoms with Crippen LogP contribution in [0.1, 0.15) is 11.1 Å². The van der Waals surface area contributed by atoms with Crippen molar-refractivity contribution >= 4 is 75.1 Å². The summed E-state index contributed by atoms with van der Waals surface area (Å²) in [4.78, 5) is 0. The smallest absolute Gasteiger partial charge is 0.0992 e. The van der Waals surface area contributed by atoms with E-state index in [1.165, 1.54) is 58.6 Å². The van der Waals surface area contributed by atoms with Crippen molar-refractivity contribution in [1.82, 2.24) is 9.13 Å². The molecule has 0 unspecified atom stereocenters. The minimum atomic E-state index is 0.668. The van der Waals surface area contributed by atoms with Gasteiger partial charge < -0.3 is 9.13 Å². The van der Waals surface area contributed by atoms with Crippen LogP contribution in [0.3, 0.4) is 0 Å². The van der Waals surface area contributed by atoms with E-state index < -0.39 is 0 Å². The number of aryl methyl sites for hydroxylation is 1. The average Bonchev–Trinajstić information content (AvgIpc) is 3.67. The van der Waals surface area contributed by atoms with Crippen molar-refractivity contribution in [3.8, 4) is 17.4 Å². The van der Waals surface area contributed by atoms with E-state index in [1.807, 2.05) is 23.5 Å². The molecule has 196 valence electrons. The molecule has 9 rings (SSSR count). The van der Waals surface area contributed by atoms with Crippen LogP contribution in [0.25, 0.3) is 75.2 Å². The molecule has 3 heterocycles. The third kappa shape index (κ3) is 3.14. The largest absolute Gasteiger partial charge is 0.309 e. The molecule has 4 heteroatoms. The minimum absolute atomic E-state index is 0.668. The van der Waals surface area contributed by atoms with Crippen molar-refractivity contribution in [1.29, 1.82) is 5.26 Å². The predicted octanol–water partition coefficient (Wildman–Crippen LogP) is 10.4. The molecule has 0 saturated heterocycles. The topological polar surface area (TPSA) is 33.6 Å². The van der Waals surface area contributed by atoms with Gasteiger partial charge in [-0.15, -0.1) is 11.3 Å². The number of benzene rings is 6. The zero-order valence-electron chi connectivity index (χ0n) is 22.8. The predicted molar refractivity (Wildman–Crippen MR) is 177 cm³/mol. The molecule has 0 amide bonds. The van der Waals surface area contributed by atoms with Gasteiger partial charge >= 0.3 is 0 Å². The first-order chi connectivity index (χ1) is 20.7. The summed E-state index contributed by atoms with van der Waals surface area (Å²) in [6.45, 7) is 2.16. The van der Waals surface area contributed by atoms with Gasteiger partial charge in [-0.3, -0.25) is 0 Å². The summed E-state index contributed by atoms with van der Waals surface area (Å²) in [5.41, 5.74) is 8.88. The number of hydrogen-bond donors (Lipinski definition) is 0. The SMILES string of the molecule is Cc1ccc2c3ccccc3n(-c3ccc4sc5c(-n6c7ccccc7c7ccc(C#N)cc76)cccc5c4c3)c2c1. The second kappa shape index (κ2) is 8.57. The number of aromatic nitrogens is 2. The van der Waals surface area contributed by atoms with E-state index in [2.05, 4.69) is 131 Å². The maximum absolute atomic E-state index is 9.69. The molecular formula is C38H23N3S. The Kier molecular flexibility index (Phi) is 4.76. The van der Waals surface area contributed by atoms with E-state index >= 15 is 0 Å². The zero-order valence-corrected chi connectivity index (χ0v) is 23.6. The van der Waals surface area contributed by atoms with Crippen LogP contribution in [0.4, 0.5) is 0 Å². The molecule has 0 aliphatic carbocycles. The van der Waals surface area contributed by atoms with Gasteiger partial charge in [-0.2, -0.15) is 5.26 Å². The fraction of sp³-hybridized carbons (Fsp3) is 0.0263. The Morgan fingerprint density at radius 2 is 1.21 bits per heavy atom. The Balaban J connectivity index is 1.34. The number of hydrogen-bond acceptors (Lipinski definition) is 2. The molecule has 0 fully saturated rings. The molecule has 9 aromatic rings. The fourth-order valence-electron chi connectivity index (χ4n) is 6.75. The standard InChI is InChI=1S/C38H23N3S/c1-23-13-16-28-26-7-2-4-10-32(26)40(35(28)19-23)25-15-18-37-31(21-25)30-9-6-12-34(38(30)42-37)41-33-11-5-3-8-27(33)29-17-14-24(22-39)20-36(29)41/h2-21H,1H3. The third-order valence-electron chi connectivity index (χ3n) is 8.59. The average molecular weight is 554 g/mol. The molecule has 6 aromatic carbocycles. The fourth-order valence-corrected chi connectivity index (χ4v) is 7.93. The maximum Gasteiger partial charge on any atom is 0.0992 e. The van der Waals surface area contributed by atoms with Gasteiger partial charge in [0.25, 0.3) is 0 Å². The maximum atomic E-state index is 9.69. The second-order valence-corrected chi connectivity index (χ2v) is 12.1. The highest BCUT2D eigenvalue weighted by molar-refractivity contribution is 7.26. The van der Waals surface area contributed by atoms with E-state index in [4.69, 9.17) is 0 Å². The number of rotatable bonds is 2. The highest BCUT2D eigenvalue weighted by Gasteiger charge is 2.18. The molecule has 0 saturated carbocycles. The van der Waals surface area contributed by atoms with Crippen LogP contribution in [0.5, 0.6) is 0 Å². The highest BCUT2D eigenvalue weighted by Crippen LogP contribution is 2.42. The molecular weight excluding hydrogens is 531 g/mol. The molecule has 0 aliphatic rings. The van der Waals surface area contributed by atoms with Gasteiger partial charge in [-0.05, 0) is 67.1 Å². The van der Waals surface area contributed by atoms with Gasteiger partial charge in [0, 0.05) is 42.7 Å². The molecule has 42 heavy (non-hydrogen) atoms. The number of nitrogens with zero attached hydrogens (tertiary/aromatic N) is 3.